The van der Waals surface area contributed by atoms with E-state index in [1.807, 2.05) is 18.7 Å². The lowest BCUT2D eigenvalue weighted by atomic mass is 9.99. The van der Waals surface area contributed by atoms with Crippen LogP contribution in [0.2, 0.25) is 0 Å². The zero-order chi connectivity index (χ0) is 15.6. The highest BCUT2D eigenvalue weighted by atomic mass is 19.2. The lowest BCUT2D eigenvalue weighted by Crippen LogP contribution is -2.30. The van der Waals surface area contributed by atoms with E-state index < -0.39 is 17.5 Å². The minimum atomic E-state index is -0.852. The van der Waals surface area contributed by atoms with Crippen LogP contribution in [0.1, 0.15) is 25.8 Å². The van der Waals surface area contributed by atoms with Crippen LogP contribution < -0.4 is 5.73 Å². The summed E-state index contributed by atoms with van der Waals surface area (Å²) >= 11 is 0. The summed E-state index contributed by atoms with van der Waals surface area (Å²) in [6.45, 7) is 4.85. The summed E-state index contributed by atoms with van der Waals surface area (Å²) in [5.74, 6) is -2.14. The Hall–Kier alpha value is -2.17. The molecule has 0 saturated heterocycles. The van der Waals surface area contributed by atoms with Gasteiger partial charge in [-0.05, 0) is 42.7 Å². The zero-order valence-corrected chi connectivity index (χ0v) is 12.1. The van der Waals surface area contributed by atoms with Gasteiger partial charge in [0.25, 0.3) is 0 Å². The summed E-state index contributed by atoms with van der Waals surface area (Å²) in [5.41, 5.74) is 8.45. The van der Waals surface area contributed by atoms with Gasteiger partial charge in [0.15, 0.2) is 11.6 Å². The van der Waals surface area contributed by atoms with Gasteiger partial charge in [-0.1, -0.05) is 13.0 Å². The molecule has 0 atom stereocenters. The highest BCUT2D eigenvalue weighted by Gasteiger charge is 2.20. The Morgan fingerprint density at radius 2 is 2.05 bits per heavy atom. The number of rotatable bonds is 4. The van der Waals surface area contributed by atoms with Crippen molar-refractivity contribution in [3.63, 3.8) is 0 Å². The third kappa shape index (κ3) is 3.29. The molecule has 0 spiro atoms. The summed E-state index contributed by atoms with van der Waals surface area (Å²) in [6.07, 6.45) is 2.47. The first kappa shape index (κ1) is 15.2. The molecule has 1 aromatic carbocycles. The molecule has 3 nitrogen and oxygen atoms in total. The lowest BCUT2D eigenvalue weighted by molar-refractivity contribution is -0.114. The molecule has 0 radical (unpaired) electrons. The summed E-state index contributed by atoms with van der Waals surface area (Å²) in [4.78, 5) is 13.4. The van der Waals surface area contributed by atoms with E-state index in [0.717, 1.165) is 23.8 Å². The Balaban J connectivity index is 2.22. The minimum Gasteiger partial charge on any atom is -0.367 e. The molecule has 5 heteroatoms. The summed E-state index contributed by atoms with van der Waals surface area (Å²) in [5, 5.41) is 0. The highest BCUT2D eigenvalue weighted by molar-refractivity contribution is 5.96. The molecular weight excluding hydrogens is 274 g/mol. The fraction of sp³-hybridized carbons (Fsp3) is 0.312. The van der Waals surface area contributed by atoms with Crippen molar-refractivity contribution in [2.24, 2.45) is 5.73 Å². The van der Waals surface area contributed by atoms with Gasteiger partial charge in [-0.3, -0.25) is 4.79 Å². The molecule has 0 aliphatic carbocycles. The van der Waals surface area contributed by atoms with Crippen molar-refractivity contribution in [1.29, 1.82) is 0 Å². The van der Waals surface area contributed by atoms with Crippen LogP contribution >= 0.6 is 0 Å². The number of amides is 1. The molecule has 0 fully saturated rings. The van der Waals surface area contributed by atoms with Crippen LogP contribution in [0.25, 0.3) is 0 Å². The third-order valence-corrected chi connectivity index (χ3v) is 3.66. The molecule has 112 valence electrons. The zero-order valence-electron chi connectivity index (χ0n) is 12.1. The van der Waals surface area contributed by atoms with Gasteiger partial charge in [-0.25, -0.2) is 8.78 Å². The molecule has 1 amide bonds. The molecule has 0 aromatic heterocycles. The van der Waals surface area contributed by atoms with Crippen LogP contribution in [0.5, 0.6) is 0 Å². The first-order valence-electron chi connectivity index (χ1n) is 6.81. The van der Waals surface area contributed by atoms with Crippen molar-refractivity contribution in [2.75, 3.05) is 6.54 Å². The van der Waals surface area contributed by atoms with E-state index in [1.165, 1.54) is 6.07 Å². The predicted molar refractivity (Wildman–Crippen MR) is 77.0 cm³/mol. The monoisotopic (exact) mass is 292 g/mol. The van der Waals surface area contributed by atoms with Gasteiger partial charge in [0.05, 0.1) is 0 Å². The molecule has 0 saturated carbocycles. The topological polar surface area (TPSA) is 46.3 Å². The number of carbonyl (C=O) groups is 1. The van der Waals surface area contributed by atoms with Crippen molar-refractivity contribution >= 4 is 5.91 Å². The second-order valence-electron chi connectivity index (χ2n) is 5.13. The van der Waals surface area contributed by atoms with Crippen LogP contribution in [-0.4, -0.2) is 17.4 Å². The number of nitrogens with two attached hydrogens (primary N) is 1. The average molecular weight is 292 g/mol. The van der Waals surface area contributed by atoms with E-state index in [-0.39, 0.29) is 0 Å². The maximum Gasteiger partial charge on any atom is 0.248 e. The van der Waals surface area contributed by atoms with E-state index in [9.17, 15) is 13.6 Å². The molecule has 1 aliphatic rings. The third-order valence-electron chi connectivity index (χ3n) is 3.66. The van der Waals surface area contributed by atoms with Crippen LogP contribution in [-0.2, 0) is 11.3 Å². The van der Waals surface area contributed by atoms with Gasteiger partial charge >= 0.3 is 0 Å². The lowest BCUT2D eigenvalue weighted by Gasteiger charge is -2.31. The second kappa shape index (κ2) is 6.08. The largest absolute Gasteiger partial charge is 0.367 e. The number of carbonyl (C=O) groups excluding carboxylic acids is 1. The molecule has 1 aliphatic heterocycles. The first-order chi connectivity index (χ1) is 9.92. The van der Waals surface area contributed by atoms with Gasteiger partial charge in [0.1, 0.15) is 0 Å². The minimum absolute atomic E-state index is 0.432. The van der Waals surface area contributed by atoms with Crippen LogP contribution in [0.15, 0.2) is 41.1 Å². The number of halogens is 2. The maximum absolute atomic E-state index is 13.3. The molecule has 2 rings (SSSR count). The van der Waals surface area contributed by atoms with Gasteiger partial charge < -0.3 is 10.6 Å². The Kier molecular flexibility index (Phi) is 4.40. The summed E-state index contributed by atoms with van der Waals surface area (Å²) < 4.78 is 26.2. The van der Waals surface area contributed by atoms with Gasteiger partial charge in [-0.2, -0.15) is 0 Å². The summed E-state index contributed by atoms with van der Waals surface area (Å²) in [6, 6.07) is 3.88. The van der Waals surface area contributed by atoms with Gasteiger partial charge in [-0.15, -0.1) is 0 Å². The quantitative estimate of drug-likeness (QED) is 0.927. The molecule has 1 heterocycles. The van der Waals surface area contributed by atoms with Gasteiger partial charge in [0, 0.05) is 24.4 Å². The number of primary amides is 1. The van der Waals surface area contributed by atoms with E-state index in [4.69, 9.17) is 5.73 Å². The van der Waals surface area contributed by atoms with Crippen LogP contribution in [0.3, 0.4) is 0 Å². The predicted octanol–water partition coefficient (Wildman–Crippen LogP) is 2.88. The number of hydrogen-bond acceptors (Lipinski definition) is 2. The van der Waals surface area contributed by atoms with Crippen molar-refractivity contribution in [1.82, 2.24) is 4.90 Å². The van der Waals surface area contributed by atoms with E-state index >= 15 is 0 Å². The standard InChI is InChI=1S/C16H18F2N2O/c1-3-12-9-20(10(2)6-13(12)16(19)21)8-11-4-5-14(17)15(18)7-11/h4-7H,3,8-9H2,1-2H3,(H2,19,21). The number of nitrogens with zero attached hydrogens (tertiary/aromatic N) is 1. The molecule has 21 heavy (non-hydrogen) atoms. The Bertz CT molecular complexity index is 635. The van der Waals surface area contributed by atoms with Crippen molar-refractivity contribution in [2.45, 2.75) is 26.8 Å². The fourth-order valence-corrected chi connectivity index (χ4v) is 2.43. The number of allylic oxidation sites excluding steroid dienone is 1. The molecular formula is C16H18F2N2O. The second-order valence-corrected chi connectivity index (χ2v) is 5.13. The van der Waals surface area contributed by atoms with Crippen LogP contribution in [0.4, 0.5) is 8.78 Å². The Labute approximate surface area is 122 Å². The molecule has 1 aromatic rings. The van der Waals surface area contributed by atoms with Crippen molar-refractivity contribution in [3.8, 4) is 0 Å². The number of hydrogen-bond donors (Lipinski definition) is 1. The molecule has 0 bridgehead atoms. The first-order valence-corrected chi connectivity index (χ1v) is 6.81. The normalized spacial score (nSPS) is 15.2. The Morgan fingerprint density at radius 1 is 1.33 bits per heavy atom. The average Bonchev–Trinajstić information content (AvgIpc) is 2.44. The number of benzene rings is 1. The van der Waals surface area contributed by atoms with Gasteiger partial charge in [0.2, 0.25) is 5.91 Å². The fourth-order valence-electron chi connectivity index (χ4n) is 2.43. The smallest absolute Gasteiger partial charge is 0.248 e. The molecule has 0 unspecified atom stereocenters. The molecule has 2 N–H and O–H groups in total. The summed E-state index contributed by atoms with van der Waals surface area (Å²) in [7, 11) is 0. The van der Waals surface area contributed by atoms with E-state index in [0.29, 0.717) is 24.2 Å². The van der Waals surface area contributed by atoms with Crippen LogP contribution in [0, 0.1) is 11.6 Å². The van der Waals surface area contributed by atoms with E-state index in [2.05, 4.69) is 0 Å². The highest BCUT2D eigenvalue weighted by Crippen LogP contribution is 2.24. The Morgan fingerprint density at radius 3 is 2.62 bits per heavy atom. The SMILES string of the molecule is CCC1=C(C(N)=O)C=C(C)N(Cc2ccc(F)c(F)c2)C1. The van der Waals surface area contributed by atoms with Crippen molar-refractivity contribution in [3.05, 3.63) is 58.3 Å². The maximum atomic E-state index is 13.3. The van der Waals surface area contributed by atoms with E-state index in [1.54, 1.807) is 12.1 Å². The van der Waals surface area contributed by atoms with Crippen molar-refractivity contribution < 1.29 is 13.6 Å².